The molecule has 0 fully saturated rings. The van der Waals surface area contributed by atoms with Crippen molar-refractivity contribution >= 4 is 11.6 Å². The van der Waals surface area contributed by atoms with Crippen molar-refractivity contribution < 1.29 is 8.91 Å². The Labute approximate surface area is 109 Å². The maximum Gasteiger partial charge on any atom is 0.246 e. The average Bonchev–Trinajstić information content (AvgIpc) is 2.83. The highest BCUT2D eigenvalue weighted by Gasteiger charge is 2.26. The quantitative estimate of drug-likeness (QED) is 0.930. The van der Waals surface area contributed by atoms with Crippen LogP contribution in [0.5, 0.6) is 0 Å². The van der Waals surface area contributed by atoms with Crippen LogP contribution in [0.2, 0.25) is 5.02 Å². The van der Waals surface area contributed by atoms with Gasteiger partial charge in [-0.3, -0.25) is 0 Å². The molecule has 18 heavy (non-hydrogen) atoms. The number of benzene rings is 1. The summed E-state index contributed by atoms with van der Waals surface area (Å²) in [4.78, 5) is 4.21. The third-order valence-electron chi connectivity index (χ3n) is 2.83. The van der Waals surface area contributed by atoms with Crippen molar-refractivity contribution in [3.63, 3.8) is 0 Å². The third-order valence-corrected chi connectivity index (χ3v) is 3.12. The molecule has 0 saturated heterocycles. The van der Waals surface area contributed by atoms with Gasteiger partial charge in [0.25, 0.3) is 0 Å². The summed E-state index contributed by atoms with van der Waals surface area (Å²) in [5.41, 5.74) is 5.92. The number of rotatable bonds is 3. The molecule has 1 heterocycles. The van der Waals surface area contributed by atoms with Gasteiger partial charge in [-0.15, -0.1) is 0 Å². The van der Waals surface area contributed by atoms with Crippen molar-refractivity contribution in [1.29, 1.82) is 0 Å². The molecule has 0 aliphatic rings. The highest BCUT2D eigenvalue weighted by molar-refractivity contribution is 6.31. The van der Waals surface area contributed by atoms with Gasteiger partial charge in [0, 0.05) is 5.56 Å². The molecule has 6 heteroatoms. The first kappa shape index (κ1) is 13.0. The molecular formula is C12H13ClFN3O. The van der Waals surface area contributed by atoms with Crippen LogP contribution in [0.4, 0.5) is 4.39 Å². The second-order valence-corrected chi connectivity index (χ2v) is 4.73. The van der Waals surface area contributed by atoms with Crippen LogP contribution in [0, 0.1) is 5.82 Å². The smallest absolute Gasteiger partial charge is 0.246 e. The zero-order valence-electron chi connectivity index (χ0n) is 10.1. The van der Waals surface area contributed by atoms with E-state index < -0.39 is 11.4 Å². The second kappa shape index (κ2) is 4.66. The molecule has 2 rings (SSSR count). The molecule has 0 aliphatic heterocycles. The maximum atomic E-state index is 13.0. The third kappa shape index (κ3) is 2.37. The van der Waals surface area contributed by atoms with Gasteiger partial charge in [-0.1, -0.05) is 23.7 Å². The second-order valence-electron chi connectivity index (χ2n) is 4.32. The number of halogens is 2. The Morgan fingerprint density at radius 1 is 1.50 bits per heavy atom. The van der Waals surface area contributed by atoms with E-state index in [2.05, 4.69) is 10.1 Å². The van der Waals surface area contributed by atoms with Crippen LogP contribution >= 0.6 is 11.6 Å². The molecule has 1 aromatic carbocycles. The molecule has 0 bridgehead atoms. The lowest BCUT2D eigenvalue weighted by atomic mass is 10.0. The lowest BCUT2D eigenvalue weighted by Crippen LogP contribution is -2.32. The molecule has 0 aliphatic carbocycles. The summed E-state index contributed by atoms with van der Waals surface area (Å²) in [6.07, 6.45) is 0.665. The molecule has 0 amide bonds. The first-order chi connectivity index (χ1) is 8.44. The molecular weight excluding hydrogens is 257 g/mol. The number of nitrogens with zero attached hydrogens (tertiary/aromatic N) is 2. The fraction of sp³-hybridized carbons (Fsp3) is 0.333. The van der Waals surface area contributed by atoms with E-state index in [1.165, 1.54) is 18.2 Å². The number of aromatic nitrogens is 2. The van der Waals surface area contributed by atoms with Crippen LogP contribution < -0.4 is 5.73 Å². The topological polar surface area (TPSA) is 64.9 Å². The number of hydrogen-bond acceptors (Lipinski definition) is 4. The summed E-state index contributed by atoms with van der Waals surface area (Å²) in [6, 6.07) is 4.25. The van der Waals surface area contributed by atoms with E-state index in [0.29, 0.717) is 23.7 Å². The first-order valence-corrected chi connectivity index (χ1v) is 5.90. The van der Waals surface area contributed by atoms with E-state index in [-0.39, 0.29) is 5.02 Å². The number of hydrogen-bond donors (Lipinski definition) is 1. The molecule has 1 aromatic heterocycles. The maximum absolute atomic E-state index is 13.0. The number of nitrogens with two attached hydrogens (primary N) is 1. The van der Waals surface area contributed by atoms with Crippen molar-refractivity contribution in [2.45, 2.75) is 25.8 Å². The first-order valence-electron chi connectivity index (χ1n) is 5.52. The summed E-state index contributed by atoms with van der Waals surface area (Å²) in [5.74, 6) is 0.207. The van der Waals surface area contributed by atoms with Crippen molar-refractivity contribution in [2.24, 2.45) is 5.73 Å². The minimum absolute atomic E-state index is 0.0184. The van der Waals surface area contributed by atoms with Crippen LogP contribution in [0.1, 0.15) is 26.2 Å². The molecule has 2 aromatic rings. The lowest BCUT2D eigenvalue weighted by Gasteiger charge is -2.16. The normalized spacial score (nSPS) is 14.5. The fourth-order valence-electron chi connectivity index (χ4n) is 1.36. The Morgan fingerprint density at radius 3 is 2.83 bits per heavy atom. The van der Waals surface area contributed by atoms with Gasteiger partial charge in [-0.05, 0) is 31.5 Å². The van der Waals surface area contributed by atoms with Crippen molar-refractivity contribution in [1.82, 2.24) is 10.1 Å². The van der Waals surface area contributed by atoms with Gasteiger partial charge in [0.2, 0.25) is 11.7 Å². The van der Waals surface area contributed by atoms with Gasteiger partial charge < -0.3 is 10.3 Å². The molecule has 4 nitrogen and oxygen atoms in total. The van der Waals surface area contributed by atoms with E-state index in [4.69, 9.17) is 21.9 Å². The van der Waals surface area contributed by atoms with Crippen LogP contribution in [0.25, 0.3) is 11.4 Å². The zero-order valence-corrected chi connectivity index (χ0v) is 10.8. The van der Waals surface area contributed by atoms with Crippen molar-refractivity contribution in [2.75, 3.05) is 0 Å². The summed E-state index contributed by atoms with van der Waals surface area (Å²) in [5, 5.41) is 3.84. The van der Waals surface area contributed by atoms with Crippen LogP contribution in [-0.2, 0) is 5.54 Å². The van der Waals surface area contributed by atoms with E-state index >= 15 is 0 Å². The summed E-state index contributed by atoms with van der Waals surface area (Å²) in [6.45, 7) is 3.74. The summed E-state index contributed by atoms with van der Waals surface area (Å²) < 4.78 is 18.2. The monoisotopic (exact) mass is 269 g/mol. The highest BCUT2D eigenvalue weighted by Crippen LogP contribution is 2.25. The molecule has 96 valence electrons. The van der Waals surface area contributed by atoms with E-state index in [1.54, 1.807) is 0 Å². The Bertz CT molecular complexity index is 568. The highest BCUT2D eigenvalue weighted by atomic mass is 35.5. The van der Waals surface area contributed by atoms with Gasteiger partial charge in [0.1, 0.15) is 5.82 Å². The summed E-state index contributed by atoms with van der Waals surface area (Å²) >= 11 is 5.70. The predicted octanol–water partition coefficient (Wildman–Crippen LogP) is 3.11. The average molecular weight is 270 g/mol. The molecule has 0 saturated carbocycles. The van der Waals surface area contributed by atoms with Crippen LogP contribution in [0.15, 0.2) is 22.7 Å². The largest absolute Gasteiger partial charge is 0.337 e. The minimum atomic E-state index is -0.672. The predicted molar refractivity (Wildman–Crippen MR) is 66.5 cm³/mol. The van der Waals surface area contributed by atoms with Gasteiger partial charge in [-0.25, -0.2) is 4.39 Å². The molecule has 0 spiro atoms. The van der Waals surface area contributed by atoms with Gasteiger partial charge in [0.15, 0.2) is 0 Å². The zero-order chi connectivity index (χ0) is 13.3. The summed E-state index contributed by atoms with van der Waals surface area (Å²) in [7, 11) is 0. The van der Waals surface area contributed by atoms with E-state index in [1.807, 2.05) is 13.8 Å². The SMILES string of the molecule is CCC(C)(N)c1nc(-c2ccc(F)c(Cl)c2)no1. The Morgan fingerprint density at radius 2 is 2.22 bits per heavy atom. The van der Waals surface area contributed by atoms with Crippen molar-refractivity contribution in [3.05, 3.63) is 34.9 Å². The van der Waals surface area contributed by atoms with Crippen LogP contribution in [0.3, 0.4) is 0 Å². The van der Waals surface area contributed by atoms with Crippen molar-refractivity contribution in [3.8, 4) is 11.4 Å². The molecule has 0 radical (unpaired) electrons. The Hall–Kier alpha value is -1.46. The standard InChI is InChI=1S/C12H13ClFN3O/c1-3-12(2,15)11-16-10(17-18-11)7-4-5-9(14)8(13)6-7/h4-6H,3,15H2,1-2H3. The Kier molecular flexibility index (Phi) is 3.36. The molecule has 1 atom stereocenters. The minimum Gasteiger partial charge on any atom is -0.337 e. The van der Waals surface area contributed by atoms with Gasteiger partial charge in [-0.2, -0.15) is 4.98 Å². The van der Waals surface area contributed by atoms with Crippen LogP contribution in [-0.4, -0.2) is 10.1 Å². The Balaban J connectivity index is 2.38. The van der Waals surface area contributed by atoms with E-state index in [0.717, 1.165) is 0 Å². The molecule has 1 unspecified atom stereocenters. The van der Waals surface area contributed by atoms with Gasteiger partial charge >= 0.3 is 0 Å². The van der Waals surface area contributed by atoms with E-state index in [9.17, 15) is 4.39 Å². The lowest BCUT2D eigenvalue weighted by molar-refractivity contribution is 0.291. The fourth-order valence-corrected chi connectivity index (χ4v) is 1.54. The molecule has 2 N–H and O–H groups in total. The van der Waals surface area contributed by atoms with Gasteiger partial charge in [0.05, 0.1) is 10.6 Å².